The van der Waals surface area contributed by atoms with Crippen molar-refractivity contribution in [1.29, 1.82) is 0 Å². The first-order valence-corrected chi connectivity index (χ1v) is 4.35. The molecule has 1 aliphatic heterocycles. The Labute approximate surface area is 78.7 Å². The Kier molecular flexibility index (Phi) is 3.25. The number of ether oxygens (including phenoxy) is 2. The molecule has 1 rings (SSSR count). The molecular formula is C10H16O3. The third-order valence-electron chi connectivity index (χ3n) is 1.83. The van der Waals surface area contributed by atoms with Gasteiger partial charge in [-0.1, -0.05) is 18.2 Å². The molecule has 0 radical (unpaired) electrons. The van der Waals surface area contributed by atoms with Crippen molar-refractivity contribution in [2.75, 3.05) is 6.61 Å². The molecule has 0 spiro atoms. The van der Waals surface area contributed by atoms with Gasteiger partial charge in [-0.15, -0.1) is 6.58 Å². The number of rotatable bonds is 3. The zero-order chi connectivity index (χ0) is 9.90. The van der Waals surface area contributed by atoms with E-state index in [1.54, 1.807) is 18.2 Å². The summed E-state index contributed by atoms with van der Waals surface area (Å²) in [7, 11) is 0. The molecule has 74 valence electrons. The van der Waals surface area contributed by atoms with Crippen LogP contribution in [0.3, 0.4) is 0 Å². The molecule has 13 heavy (non-hydrogen) atoms. The second kappa shape index (κ2) is 4.05. The minimum Gasteiger partial charge on any atom is -0.392 e. The molecule has 0 aromatic carbocycles. The van der Waals surface area contributed by atoms with E-state index in [4.69, 9.17) is 14.6 Å². The van der Waals surface area contributed by atoms with Gasteiger partial charge in [-0.25, -0.2) is 0 Å². The average Bonchev–Trinajstić information content (AvgIpc) is 2.37. The third-order valence-corrected chi connectivity index (χ3v) is 1.83. The fraction of sp³-hybridized carbons (Fsp3) is 0.600. The van der Waals surface area contributed by atoms with Crippen LogP contribution in [0.25, 0.3) is 0 Å². The number of hydrogen-bond donors (Lipinski definition) is 1. The molecule has 1 N–H and O–H groups in total. The monoisotopic (exact) mass is 184 g/mol. The zero-order valence-electron chi connectivity index (χ0n) is 8.06. The maximum atomic E-state index is 8.61. The zero-order valence-corrected chi connectivity index (χ0v) is 8.06. The molecule has 0 amide bonds. The van der Waals surface area contributed by atoms with Gasteiger partial charge in [-0.2, -0.15) is 0 Å². The van der Waals surface area contributed by atoms with Gasteiger partial charge in [-0.3, -0.25) is 0 Å². The summed E-state index contributed by atoms with van der Waals surface area (Å²) in [6, 6.07) is 0. The van der Waals surface area contributed by atoms with Gasteiger partial charge in [0.25, 0.3) is 0 Å². The van der Waals surface area contributed by atoms with Crippen LogP contribution in [0.1, 0.15) is 13.8 Å². The van der Waals surface area contributed by atoms with E-state index in [2.05, 4.69) is 6.58 Å². The van der Waals surface area contributed by atoms with Gasteiger partial charge >= 0.3 is 0 Å². The fourth-order valence-electron chi connectivity index (χ4n) is 1.34. The predicted octanol–water partition coefficient (Wildman–Crippen LogP) is 1.24. The molecule has 1 aliphatic rings. The largest absolute Gasteiger partial charge is 0.392 e. The maximum absolute atomic E-state index is 8.61. The summed E-state index contributed by atoms with van der Waals surface area (Å²) < 4.78 is 11.1. The molecule has 2 atom stereocenters. The molecule has 0 aromatic heterocycles. The minimum atomic E-state index is -0.566. The van der Waals surface area contributed by atoms with E-state index < -0.39 is 5.79 Å². The topological polar surface area (TPSA) is 38.7 Å². The van der Waals surface area contributed by atoms with E-state index in [0.29, 0.717) is 0 Å². The van der Waals surface area contributed by atoms with Crippen LogP contribution in [-0.2, 0) is 9.47 Å². The Morgan fingerprint density at radius 2 is 2.00 bits per heavy atom. The third kappa shape index (κ3) is 2.66. The Morgan fingerprint density at radius 1 is 1.38 bits per heavy atom. The number of hydrogen-bond acceptors (Lipinski definition) is 3. The molecule has 3 nitrogen and oxygen atoms in total. The fourth-order valence-corrected chi connectivity index (χ4v) is 1.34. The standard InChI is InChI=1S/C10H16O3/c1-4-8-9(6-5-7-11)13-10(2,3)12-8/h4-6,8-9,11H,1,7H2,2-3H3/b6-5+/t8-,9+/m1/s1. The minimum absolute atomic E-state index is 0.0180. The summed E-state index contributed by atoms with van der Waals surface area (Å²) in [5.41, 5.74) is 0. The Morgan fingerprint density at radius 3 is 2.54 bits per heavy atom. The molecule has 0 bridgehead atoms. The van der Waals surface area contributed by atoms with Crippen LogP contribution >= 0.6 is 0 Å². The molecule has 0 unspecified atom stereocenters. The highest BCUT2D eigenvalue weighted by atomic mass is 16.7. The summed E-state index contributed by atoms with van der Waals surface area (Å²) in [6.45, 7) is 7.40. The van der Waals surface area contributed by atoms with Crippen LogP contribution < -0.4 is 0 Å². The molecule has 0 aromatic rings. The van der Waals surface area contributed by atoms with Crippen molar-refractivity contribution < 1.29 is 14.6 Å². The number of aliphatic hydroxyl groups is 1. The molecule has 0 aliphatic carbocycles. The summed E-state index contributed by atoms with van der Waals surface area (Å²) in [4.78, 5) is 0. The van der Waals surface area contributed by atoms with Crippen molar-refractivity contribution >= 4 is 0 Å². The van der Waals surface area contributed by atoms with Crippen LogP contribution in [0.2, 0.25) is 0 Å². The van der Waals surface area contributed by atoms with Crippen molar-refractivity contribution in [2.45, 2.75) is 31.8 Å². The second-order valence-corrected chi connectivity index (χ2v) is 3.41. The van der Waals surface area contributed by atoms with E-state index >= 15 is 0 Å². The predicted molar refractivity (Wildman–Crippen MR) is 50.2 cm³/mol. The van der Waals surface area contributed by atoms with Crippen LogP contribution in [0.15, 0.2) is 24.8 Å². The van der Waals surface area contributed by atoms with Gasteiger partial charge in [0.05, 0.1) is 6.61 Å². The van der Waals surface area contributed by atoms with Gasteiger partial charge in [-0.05, 0) is 13.8 Å². The highest BCUT2D eigenvalue weighted by molar-refractivity contribution is 5.03. The highest BCUT2D eigenvalue weighted by Gasteiger charge is 2.37. The van der Waals surface area contributed by atoms with Gasteiger partial charge in [0.15, 0.2) is 5.79 Å². The van der Waals surface area contributed by atoms with Crippen molar-refractivity contribution in [3.05, 3.63) is 24.8 Å². The van der Waals surface area contributed by atoms with Crippen LogP contribution in [0.5, 0.6) is 0 Å². The Balaban J connectivity index is 2.63. The van der Waals surface area contributed by atoms with Crippen molar-refractivity contribution in [3.63, 3.8) is 0 Å². The second-order valence-electron chi connectivity index (χ2n) is 3.41. The average molecular weight is 184 g/mol. The summed E-state index contributed by atoms with van der Waals surface area (Å²) in [5, 5.41) is 8.61. The molecule has 1 fully saturated rings. The van der Waals surface area contributed by atoms with Crippen molar-refractivity contribution in [3.8, 4) is 0 Å². The lowest BCUT2D eigenvalue weighted by molar-refractivity contribution is -0.138. The highest BCUT2D eigenvalue weighted by Crippen LogP contribution is 2.29. The van der Waals surface area contributed by atoms with Gasteiger partial charge in [0, 0.05) is 0 Å². The van der Waals surface area contributed by atoms with Gasteiger partial charge in [0.1, 0.15) is 12.2 Å². The Hall–Kier alpha value is -0.640. The van der Waals surface area contributed by atoms with Crippen molar-refractivity contribution in [1.82, 2.24) is 0 Å². The van der Waals surface area contributed by atoms with Gasteiger partial charge in [0.2, 0.25) is 0 Å². The smallest absolute Gasteiger partial charge is 0.164 e. The first-order valence-electron chi connectivity index (χ1n) is 4.35. The first kappa shape index (κ1) is 10.4. The van der Waals surface area contributed by atoms with Gasteiger partial charge < -0.3 is 14.6 Å². The van der Waals surface area contributed by atoms with E-state index in [0.717, 1.165) is 0 Å². The molecule has 1 heterocycles. The normalized spacial score (nSPS) is 32.5. The lowest BCUT2D eigenvalue weighted by Crippen LogP contribution is -2.20. The number of aliphatic hydroxyl groups excluding tert-OH is 1. The summed E-state index contributed by atoms with van der Waals surface area (Å²) >= 11 is 0. The SMILES string of the molecule is C=C[C@H]1OC(C)(C)O[C@H]1/C=C/CO. The lowest BCUT2D eigenvalue weighted by Gasteiger charge is -2.15. The molecule has 1 saturated heterocycles. The van der Waals surface area contributed by atoms with E-state index in [1.165, 1.54) is 0 Å². The lowest BCUT2D eigenvalue weighted by atomic mass is 10.2. The summed E-state index contributed by atoms with van der Waals surface area (Å²) in [6.07, 6.45) is 4.88. The van der Waals surface area contributed by atoms with Crippen LogP contribution in [0, 0.1) is 0 Å². The Bertz CT molecular complexity index is 208. The maximum Gasteiger partial charge on any atom is 0.164 e. The molecular weight excluding hydrogens is 168 g/mol. The van der Waals surface area contributed by atoms with Crippen molar-refractivity contribution in [2.24, 2.45) is 0 Å². The molecule has 0 saturated carbocycles. The van der Waals surface area contributed by atoms with Crippen LogP contribution in [0.4, 0.5) is 0 Å². The summed E-state index contributed by atoms with van der Waals surface area (Å²) in [5.74, 6) is -0.566. The van der Waals surface area contributed by atoms with E-state index in [-0.39, 0.29) is 18.8 Å². The van der Waals surface area contributed by atoms with Crippen LogP contribution in [-0.4, -0.2) is 29.7 Å². The van der Waals surface area contributed by atoms with E-state index in [1.807, 2.05) is 13.8 Å². The molecule has 3 heteroatoms. The van der Waals surface area contributed by atoms with E-state index in [9.17, 15) is 0 Å². The quantitative estimate of drug-likeness (QED) is 0.671. The first-order chi connectivity index (χ1) is 6.09.